The van der Waals surface area contributed by atoms with Crippen LogP contribution in [0.15, 0.2) is 78.9 Å². The van der Waals surface area contributed by atoms with Crippen molar-refractivity contribution in [2.24, 2.45) is 0 Å². The Balaban J connectivity index is 2.23. The van der Waals surface area contributed by atoms with Crippen LogP contribution in [-0.4, -0.2) is 5.11 Å². The van der Waals surface area contributed by atoms with Crippen LogP contribution in [0.3, 0.4) is 0 Å². The number of hydrogen-bond donors (Lipinski definition) is 1. The molecule has 1 nitrogen and oxygen atoms in total. The van der Waals surface area contributed by atoms with Crippen LogP contribution in [0, 0.1) is 5.82 Å². The van der Waals surface area contributed by atoms with Gasteiger partial charge in [0, 0.05) is 10.1 Å². The highest BCUT2D eigenvalue weighted by molar-refractivity contribution is 9.15. The lowest BCUT2D eigenvalue weighted by Crippen LogP contribution is -1.91. The van der Waals surface area contributed by atoms with Crippen molar-refractivity contribution >= 4 is 26.0 Å². The molecule has 0 aliphatic carbocycles. The molecule has 0 fully saturated rings. The summed E-state index contributed by atoms with van der Waals surface area (Å²) in [4.78, 5) is 0. The summed E-state index contributed by atoms with van der Waals surface area (Å²) in [6.07, 6.45) is 0. The maximum absolute atomic E-state index is 13.6. The highest BCUT2D eigenvalue weighted by atomic mass is 79.9. The first-order chi connectivity index (χ1) is 11.1. The van der Waals surface area contributed by atoms with Crippen molar-refractivity contribution in [3.63, 3.8) is 0 Å². The van der Waals surface area contributed by atoms with Gasteiger partial charge in [-0.25, -0.2) is 4.39 Å². The standard InChI is InChI=1S/C20H14BrFO/c21-20(16-7-4-8-17(22)13-16)19(14-5-2-1-3-6-14)15-9-11-18(23)12-10-15/h1-13,23H/b20-19-. The number of aromatic hydroxyl groups is 1. The summed E-state index contributed by atoms with van der Waals surface area (Å²) in [6, 6.07) is 23.3. The van der Waals surface area contributed by atoms with Gasteiger partial charge in [-0.3, -0.25) is 0 Å². The fourth-order valence-corrected chi connectivity index (χ4v) is 3.13. The number of rotatable bonds is 3. The van der Waals surface area contributed by atoms with Gasteiger partial charge in [0.1, 0.15) is 11.6 Å². The molecule has 0 spiro atoms. The van der Waals surface area contributed by atoms with E-state index in [1.807, 2.05) is 48.5 Å². The lowest BCUT2D eigenvalue weighted by molar-refractivity contribution is 0.475. The van der Waals surface area contributed by atoms with Gasteiger partial charge >= 0.3 is 0 Å². The summed E-state index contributed by atoms with van der Waals surface area (Å²) in [7, 11) is 0. The van der Waals surface area contributed by atoms with Crippen LogP contribution >= 0.6 is 15.9 Å². The molecule has 0 atom stereocenters. The van der Waals surface area contributed by atoms with Crippen molar-refractivity contribution in [3.8, 4) is 5.75 Å². The Kier molecular flexibility index (Phi) is 4.58. The third-order valence-electron chi connectivity index (χ3n) is 3.52. The van der Waals surface area contributed by atoms with E-state index in [-0.39, 0.29) is 11.6 Å². The van der Waals surface area contributed by atoms with E-state index >= 15 is 0 Å². The zero-order chi connectivity index (χ0) is 16.2. The van der Waals surface area contributed by atoms with E-state index in [0.29, 0.717) is 0 Å². The molecule has 0 radical (unpaired) electrons. The molecule has 0 aliphatic rings. The van der Waals surface area contributed by atoms with E-state index in [4.69, 9.17) is 0 Å². The second-order valence-corrected chi connectivity index (χ2v) is 5.91. The molecule has 0 saturated carbocycles. The monoisotopic (exact) mass is 368 g/mol. The van der Waals surface area contributed by atoms with Crippen LogP contribution in [0.2, 0.25) is 0 Å². The first-order valence-electron chi connectivity index (χ1n) is 7.15. The van der Waals surface area contributed by atoms with Gasteiger partial charge < -0.3 is 5.11 Å². The van der Waals surface area contributed by atoms with Gasteiger partial charge in [-0.2, -0.15) is 0 Å². The van der Waals surface area contributed by atoms with Gasteiger partial charge in [0.25, 0.3) is 0 Å². The van der Waals surface area contributed by atoms with Gasteiger partial charge in [0.15, 0.2) is 0 Å². The third kappa shape index (κ3) is 3.51. The molecule has 3 aromatic carbocycles. The molecule has 23 heavy (non-hydrogen) atoms. The van der Waals surface area contributed by atoms with E-state index < -0.39 is 0 Å². The molecule has 0 unspecified atom stereocenters. The van der Waals surface area contributed by atoms with Gasteiger partial charge in [-0.15, -0.1) is 0 Å². The van der Waals surface area contributed by atoms with Gasteiger partial charge in [-0.05, 0) is 56.9 Å². The molecule has 3 aromatic rings. The van der Waals surface area contributed by atoms with E-state index in [9.17, 15) is 9.50 Å². The Labute approximate surface area is 142 Å². The molecular weight excluding hydrogens is 355 g/mol. The molecule has 0 saturated heterocycles. The highest BCUT2D eigenvalue weighted by Gasteiger charge is 2.12. The van der Waals surface area contributed by atoms with Crippen molar-refractivity contribution in [2.45, 2.75) is 0 Å². The minimum atomic E-state index is -0.280. The summed E-state index contributed by atoms with van der Waals surface area (Å²) >= 11 is 3.63. The van der Waals surface area contributed by atoms with Gasteiger partial charge in [0.2, 0.25) is 0 Å². The highest BCUT2D eigenvalue weighted by Crippen LogP contribution is 2.36. The summed E-state index contributed by atoms with van der Waals surface area (Å²) in [5, 5.41) is 9.52. The van der Waals surface area contributed by atoms with Crippen LogP contribution in [0.25, 0.3) is 10.1 Å². The Morgan fingerprint density at radius 2 is 1.35 bits per heavy atom. The number of phenolic OH excluding ortho intramolecular Hbond substituents is 1. The first-order valence-corrected chi connectivity index (χ1v) is 7.95. The molecule has 3 rings (SSSR count). The summed E-state index contributed by atoms with van der Waals surface area (Å²) in [6.45, 7) is 0. The average molecular weight is 369 g/mol. The molecule has 3 heteroatoms. The first kappa shape index (κ1) is 15.5. The summed E-state index contributed by atoms with van der Waals surface area (Å²) < 4.78 is 14.4. The fourth-order valence-electron chi connectivity index (χ4n) is 2.42. The Bertz CT molecular complexity index is 839. The van der Waals surface area contributed by atoms with Crippen LogP contribution in [-0.2, 0) is 0 Å². The lowest BCUT2D eigenvalue weighted by atomic mass is 9.95. The van der Waals surface area contributed by atoms with E-state index in [2.05, 4.69) is 15.9 Å². The predicted molar refractivity (Wildman–Crippen MR) is 95.8 cm³/mol. The van der Waals surface area contributed by atoms with E-state index in [1.54, 1.807) is 18.2 Å². The van der Waals surface area contributed by atoms with Crippen LogP contribution in [0.4, 0.5) is 4.39 Å². The predicted octanol–water partition coefficient (Wildman–Crippen LogP) is 5.84. The minimum Gasteiger partial charge on any atom is -0.508 e. The summed E-state index contributed by atoms with van der Waals surface area (Å²) in [5.41, 5.74) is 3.65. The second kappa shape index (κ2) is 6.80. The lowest BCUT2D eigenvalue weighted by Gasteiger charge is -2.13. The largest absolute Gasteiger partial charge is 0.508 e. The molecular formula is C20H14BrFO. The Morgan fingerprint density at radius 3 is 2.00 bits per heavy atom. The fraction of sp³-hybridized carbons (Fsp3) is 0. The molecule has 114 valence electrons. The van der Waals surface area contributed by atoms with Gasteiger partial charge in [-0.1, -0.05) is 54.6 Å². The molecule has 0 aliphatic heterocycles. The second-order valence-electron chi connectivity index (χ2n) is 5.11. The van der Waals surface area contributed by atoms with Crippen molar-refractivity contribution < 1.29 is 9.50 Å². The van der Waals surface area contributed by atoms with Crippen LogP contribution in [0.5, 0.6) is 5.75 Å². The maximum Gasteiger partial charge on any atom is 0.123 e. The molecule has 0 amide bonds. The van der Waals surface area contributed by atoms with Crippen molar-refractivity contribution in [3.05, 3.63) is 101 Å². The van der Waals surface area contributed by atoms with E-state index in [1.165, 1.54) is 12.1 Å². The SMILES string of the molecule is Oc1ccc(/C(=C(\Br)c2cccc(F)c2)c2ccccc2)cc1. The average Bonchev–Trinajstić information content (AvgIpc) is 2.58. The number of hydrogen-bond acceptors (Lipinski definition) is 1. The smallest absolute Gasteiger partial charge is 0.123 e. The normalized spacial score (nSPS) is 11.9. The number of halogens is 2. The third-order valence-corrected chi connectivity index (χ3v) is 4.37. The van der Waals surface area contributed by atoms with Crippen LogP contribution in [0.1, 0.15) is 16.7 Å². The quantitative estimate of drug-likeness (QED) is 0.575. The van der Waals surface area contributed by atoms with Gasteiger partial charge in [0.05, 0.1) is 0 Å². The van der Waals surface area contributed by atoms with Crippen molar-refractivity contribution in [1.82, 2.24) is 0 Å². The Morgan fingerprint density at radius 1 is 0.739 bits per heavy atom. The summed E-state index contributed by atoms with van der Waals surface area (Å²) in [5.74, 6) is -0.0689. The van der Waals surface area contributed by atoms with Crippen LogP contribution < -0.4 is 0 Å². The number of phenols is 1. The molecule has 1 N–H and O–H groups in total. The number of benzene rings is 3. The molecule has 0 aromatic heterocycles. The Hall–Kier alpha value is -2.39. The minimum absolute atomic E-state index is 0.211. The topological polar surface area (TPSA) is 20.2 Å². The zero-order valence-corrected chi connectivity index (χ0v) is 13.8. The van der Waals surface area contributed by atoms with Crippen molar-refractivity contribution in [1.29, 1.82) is 0 Å². The molecule has 0 bridgehead atoms. The molecule has 0 heterocycles. The zero-order valence-electron chi connectivity index (χ0n) is 12.2. The van der Waals surface area contributed by atoms with E-state index in [0.717, 1.165) is 26.7 Å². The maximum atomic E-state index is 13.6. The van der Waals surface area contributed by atoms with Crippen molar-refractivity contribution in [2.75, 3.05) is 0 Å².